The lowest BCUT2D eigenvalue weighted by atomic mass is 10.1. The summed E-state index contributed by atoms with van der Waals surface area (Å²) in [5.41, 5.74) is 2.82. The standard InChI is InChI=1S/C17H12F2N6O/c1-9-2-10(4-11(18)3-9)5-13-16-21-8-22-25(16)7-14(23-13)15-20-6-12(19)17(26)24-15/h2-4,6-8H,5H2,1H3,(H,20,24,26). The number of rotatable bonds is 3. The van der Waals surface area contributed by atoms with Crippen LogP contribution in [0.5, 0.6) is 5.88 Å². The van der Waals surface area contributed by atoms with Gasteiger partial charge in [-0.05, 0) is 30.2 Å². The summed E-state index contributed by atoms with van der Waals surface area (Å²) in [5.74, 6) is -1.98. The Balaban J connectivity index is 1.83. The van der Waals surface area contributed by atoms with Gasteiger partial charge in [0.25, 0.3) is 5.88 Å². The average molecular weight is 354 g/mol. The van der Waals surface area contributed by atoms with Crippen LogP contribution in [-0.2, 0) is 6.42 Å². The topological polar surface area (TPSA) is 89.1 Å². The first-order valence-electron chi connectivity index (χ1n) is 7.67. The van der Waals surface area contributed by atoms with E-state index in [1.54, 1.807) is 6.92 Å². The molecule has 0 saturated heterocycles. The van der Waals surface area contributed by atoms with Gasteiger partial charge in [-0.1, -0.05) is 6.07 Å². The van der Waals surface area contributed by atoms with Gasteiger partial charge in [-0.3, -0.25) is 0 Å². The molecule has 26 heavy (non-hydrogen) atoms. The second-order valence-electron chi connectivity index (χ2n) is 5.78. The summed E-state index contributed by atoms with van der Waals surface area (Å²) in [5, 5.41) is 13.6. The Bertz CT molecular complexity index is 1110. The maximum atomic E-state index is 13.7. The van der Waals surface area contributed by atoms with Gasteiger partial charge in [-0.25, -0.2) is 23.9 Å². The highest BCUT2D eigenvalue weighted by Crippen LogP contribution is 2.21. The van der Waals surface area contributed by atoms with Crippen molar-refractivity contribution in [3.05, 3.63) is 65.4 Å². The molecule has 0 radical (unpaired) electrons. The van der Waals surface area contributed by atoms with E-state index in [4.69, 9.17) is 0 Å². The van der Waals surface area contributed by atoms with E-state index in [-0.39, 0.29) is 17.3 Å². The van der Waals surface area contributed by atoms with Gasteiger partial charge in [-0.2, -0.15) is 14.5 Å². The molecule has 0 aliphatic rings. The molecule has 0 spiro atoms. The molecule has 0 aliphatic carbocycles. The Morgan fingerprint density at radius 3 is 2.73 bits per heavy atom. The first kappa shape index (κ1) is 16.0. The number of halogens is 2. The molecule has 0 atom stereocenters. The van der Waals surface area contributed by atoms with E-state index in [9.17, 15) is 13.9 Å². The minimum atomic E-state index is -0.925. The van der Waals surface area contributed by atoms with E-state index in [0.29, 0.717) is 17.8 Å². The van der Waals surface area contributed by atoms with Gasteiger partial charge in [0.1, 0.15) is 17.8 Å². The van der Waals surface area contributed by atoms with Crippen LogP contribution in [-0.4, -0.2) is 34.7 Å². The van der Waals surface area contributed by atoms with Gasteiger partial charge >= 0.3 is 0 Å². The Labute approximate surface area is 146 Å². The van der Waals surface area contributed by atoms with Crippen LogP contribution < -0.4 is 0 Å². The molecule has 0 amide bonds. The second kappa shape index (κ2) is 6.10. The average Bonchev–Trinajstić information content (AvgIpc) is 3.05. The monoisotopic (exact) mass is 354 g/mol. The summed E-state index contributed by atoms with van der Waals surface area (Å²) in [4.78, 5) is 16.2. The number of benzene rings is 1. The Morgan fingerprint density at radius 2 is 1.96 bits per heavy atom. The van der Waals surface area contributed by atoms with Crippen LogP contribution in [0.3, 0.4) is 0 Å². The highest BCUT2D eigenvalue weighted by molar-refractivity contribution is 5.55. The fraction of sp³-hybridized carbons (Fsp3) is 0.118. The van der Waals surface area contributed by atoms with Crippen LogP contribution in [0.4, 0.5) is 8.78 Å². The lowest BCUT2D eigenvalue weighted by Crippen LogP contribution is -2.04. The number of aromatic hydroxyl groups is 1. The fourth-order valence-electron chi connectivity index (χ4n) is 2.71. The van der Waals surface area contributed by atoms with Crippen molar-refractivity contribution in [3.63, 3.8) is 0 Å². The number of hydrogen-bond acceptors (Lipinski definition) is 6. The summed E-state index contributed by atoms with van der Waals surface area (Å²) < 4.78 is 28.4. The van der Waals surface area contributed by atoms with Crippen LogP contribution >= 0.6 is 0 Å². The van der Waals surface area contributed by atoms with E-state index >= 15 is 0 Å². The number of nitrogens with zero attached hydrogens (tertiary/aromatic N) is 6. The quantitative estimate of drug-likeness (QED) is 0.608. The molecule has 1 aromatic carbocycles. The number of fused-ring (bicyclic) bond motifs is 1. The highest BCUT2D eigenvalue weighted by Gasteiger charge is 2.14. The van der Waals surface area contributed by atoms with Crippen molar-refractivity contribution in [3.8, 4) is 17.4 Å². The van der Waals surface area contributed by atoms with Crippen molar-refractivity contribution in [2.24, 2.45) is 0 Å². The molecular weight excluding hydrogens is 342 g/mol. The molecule has 0 unspecified atom stereocenters. The zero-order valence-electron chi connectivity index (χ0n) is 13.6. The number of aryl methyl sites for hydroxylation is 1. The van der Waals surface area contributed by atoms with Gasteiger partial charge in [0.05, 0.1) is 18.1 Å². The summed E-state index contributed by atoms with van der Waals surface area (Å²) in [6.45, 7) is 1.80. The predicted molar refractivity (Wildman–Crippen MR) is 87.4 cm³/mol. The van der Waals surface area contributed by atoms with Crippen LogP contribution in [0.1, 0.15) is 16.8 Å². The number of aromatic nitrogens is 6. The third kappa shape index (κ3) is 2.94. The van der Waals surface area contributed by atoms with Crippen LogP contribution in [0.15, 0.2) is 36.9 Å². The molecule has 1 N–H and O–H groups in total. The van der Waals surface area contributed by atoms with Crippen molar-refractivity contribution in [1.29, 1.82) is 0 Å². The fourth-order valence-corrected chi connectivity index (χ4v) is 2.71. The van der Waals surface area contributed by atoms with Crippen molar-refractivity contribution >= 4 is 5.65 Å². The zero-order chi connectivity index (χ0) is 18.3. The zero-order valence-corrected chi connectivity index (χ0v) is 13.6. The molecule has 3 aromatic heterocycles. The van der Waals surface area contributed by atoms with Gasteiger partial charge in [0.15, 0.2) is 11.5 Å². The van der Waals surface area contributed by atoms with E-state index in [0.717, 1.165) is 17.3 Å². The van der Waals surface area contributed by atoms with E-state index in [2.05, 4.69) is 25.0 Å². The molecule has 0 bridgehead atoms. The lowest BCUT2D eigenvalue weighted by Gasteiger charge is -2.07. The largest absolute Gasteiger partial charge is 0.491 e. The number of hydrogen-bond donors (Lipinski definition) is 1. The van der Waals surface area contributed by atoms with Crippen molar-refractivity contribution < 1.29 is 13.9 Å². The maximum Gasteiger partial charge on any atom is 0.251 e. The third-order valence-corrected chi connectivity index (χ3v) is 3.76. The summed E-state index contributed by atoms with van der Waals surface area (Å²) in [7, 11) is 0. The third-order valence-electron chi connectivity index (χ3n) is 3.76. The summed E-state index contributed by atoms with van der Waals surface area (Å²) in [6.07, 6.45) is 4.06. The first-order valence-corrected chi connectivity index (χ1v) is 7.67. The second-order valence-corrected chi connectivity index (χ2v) is 5.78. The molecule has 0 saturated carbocycles. The van der Waals surface area contributed by atoms with E-state index in [1.807, 2.05) is 6.07 Å². The van der Waals surface area contributed by atoms with Crippen molar-refractivity contribution in [1.82, 2.24) is 29.5 Å². The van der Waals surface area contributed by atoms with Gasteiger partial charge < -0.3 is 5.11 Å². The van der Waals surface area contributed by atoms with Crippen LogP contribution in [0, 0.1) is 18.6 Å². The molecule has 3 heterocycles. The highest BCUT2D eigenvalue weighted by atomic mass is 19.1. The Hall–Kier alpha value is -3.49. The summed E-state index contributed by atoms with van der Waals surface area (Å²) >= 11 is 0. The Morgan fingerprint density at radius 1 is 1.12 bits per heavy atom. The molecule has 9 heteroatoms. The van der Waals surface area contributed by atoms with Gasteiger partial charge in [-0.15, -0.1) is 0 Å². The van der Waals surface area contributed by atoms with Crippen LogP contribution in [0.25, 0.3) is 17.2 Å². The molecule has 7 nitrogen and oxygen atoms in total. The molecule has 0 aliphatic heterocycles. The van der Waals surface area contributed by atoms with Crippen molar-refractivity contribution in [2.45, 2.75) is 13.3 Å². The minimum Gasteiger partial charge on any atom is -0.491 e. The van der Waals surface area contributed by atoms with E-state index < -0.39 is 11.7 Å². The van der Waals surface area contributed by atoms with Crippen molar-refractivity contribution in [2.75, 3.05) is 0 Å². The predicted octanol–water partition coefficient (Wildman–Crippen LogP) is 2.46. The van der Waals surface area contributed by atoms with E-state index in [1.165, 1.54) is 29.2 Å². The summed E-state index contributed by atoms with van der Waals surface area (Å²) in [6, 6.07) is 4.72. The van der Waals surface area contributed by atoms with Crippen LogP contribution in [0.2, 0.25) is 0 Å². The Kier molecular flexibility index (Phi) is 3.76. The smallest absolute Gasteiger partial charge is 0.251 e. The molecular formula is C17H12F2N6O. The molecule has 0 fully saturated rings. The maximum absolute atomic E-state index is 13.7. The molecule has 4 aromatic rings. The van der Waals surface area contributed by atoms with Gasteiger partial charge in [0, 0.05) is 6.42 Å². The normalized spacial score (nSPS) is 11.2. The minimum absolute atomic E-state index is 0.0398. The lowest BCUT2D eigenvalue weighted by molar-refractivity contribution is 0.409. The molecule has 130 valence electrons. The SMILES string of the molecule is Cc1cc(F)cc(Cc2nc(-c3ncc(F)c(O)n3)cn3ncnc23)c1. The van der Waals surface area contributed by atoms with Gasteiger partial charge in [0.2, 0.25) is 5.82 Å². The first-order chi connectivity index (χ1) is 12.5. The molecule has 4 rings (SSSR count).